The van der Waals surface area contributed by atoms with Crippen molar-refractivity contribution < 1.29 is 71.9 Å². The zero-order valence-corrected chi connectivity index (χ0v) is 21.3. The van der Waals surface area contributed by atoms with Crippen LogP contribution in [0.25, 0.3) is 0 Å². The zero-order chi connectivity index (χ0) is 17.0. The van der Waals surface area contributed by atoms with Crippen LogP contribution >= 0.6 is 0 Å². The van der Waals surface area contributed by atoms with Crippen molar-refractivity contribution in [3.05, 3.63) is 12.2 Å². The summed E-state index contributed by atoms with van der Waals surface area (Å²) in [5.74, 6) is 0.0664. The Morgan fingerprint density at radius 2 is 1.32 bits per heavy atom. The molecule has 0 aromatic heterocycles. The summed E-state index contributed by atoms with van der Waals surface area (Å²) in [4.78, 5) is 11.3. The zero-order valence-electron chi connectivity index (χ0n) is 19.3. The van der Waals surface area contributed by atoms with Crippen LogP contribution < -0.4 is 64.4 Å². The first-order chi connectivity index (χ1) is 11.3. The van der Waals surface area contributed by atoms with Gasteiger partial charge in [0.1, 0.15) is 0 Å². The van der Waals surface area contributed by atoms with Crippen LogP contribution in [0.3, 0.4) is 0 Å². The van der Waals surface area contributed by atoms with E-state index < -0.39 is 0 Å². The summed E-state index contributed by atoms with van der Waals surface area (Å²) < 4.78 is 0. The minimum atomic E-state index is 0. The van der Waals surface area contributed by atoms with Crippen LogP contribution in [0.4, 0.5) is 0 Å². The Hall–Kier alpha value is 1.17. The molecule has 0 bridgehead atoms. The van der Waals surface area contributed by atoms with Crippen LogP contribution in [0.1, 0.15) is 99.7 Å². The fourth-order valence-corrected chi connectivity index (χ4v) is 2.64. The van der Waals surface area contributed by atoms with E-state index in [1.807, 2.05) is 0 Å². The van der Waals surface area contributed by atoms with Crippen LogP contribution in [0.15, 0.2) is 12.2 Å². The number of carbonyl (C=O) groups excluding carboxylic acids is 1. The second-order valence-corrected chi connectivity index (χ2v) is 6.41. The van der Waals surface area contributed by atoms with Gasteiger partial charge in [0.25, 0.3) is 0 Å². The van der Waals surface area contributed by atoms with Crippen LogP contribution in [-0.4, -0.2) is 24.2 Å². The molecular formula is C20H41NNa2O2. The minimum absolute atomic E-state index is 0. The number of unbranched alkanes of at least 4 members (excludes halogenated alkanes) is 11. The predicted molar refractivity (Wildman–Crippen MR) is 102 cm³/mol. The summed E-state index contributed by atoms with van der Waals surface area (Å²) in [6.07, 6.45) is 21.8. The monoisotopic (exact) mass is 373 g/mol. The standard InChI is InChI=1S/C20H39NO2.2Na.2H/c1-2-3-4-5-6-7-8-9-10-11-12-13-14-15-16-17-20(23)21-18-19-22;;;;/h9-10,22H,2-8,11-19H2,1H3,(H,21,23);;;;/q;2*+1;2*-1/b10-9-;;;;. The molecule has 0 aliphatic heterocycles. The Morgan fingerprint density at radius 3 is 1.84 bits per heavy atom. The van der Waals surface area contributed by atoms with Crippen LogP contribution in [0, 0.1) is 0 Å². The average Bonchev–Trinajstić information content (AvgIpc) is 2.56. The van der Waals surface area contributed by atoms with Crippen LogP contribution in [0.5, 0.6) is 0 Å². The number of rotatable bonds is 17. The van der Waals surface area contributed by atoms with Gasteiger partial charge in [0.15, 0.2) is 0 Å². The molecule has 3 nitrogen and oxygen atoms in total. The molecule has 0 heterocycles. The number of aliphatic hydroxyl groups is 1. The molecule has 0 aromatic rings. The van der Waals surface area contributed by atoms with Crippen LogP contribution in [-0.2, 0) is 4.79 Å². The Labute approximate surface area is 203 Å². The largest absolute Gasteiger partial charge is 1.00 e. The number of carbonyl (C=O) groups is 1. The first-order valence-corrected chi connectivity index (χ1v) is 9.83. The maximum atomic E-state index is 11.3. The van der Waals surface area contributed by atoms with Crippen molar-refractivity contribution in [3.63, 3.8) is 0 Å². The summed E-state index contributed by atoms with van der Waals surface area (Å²) in [5.41, 5.74) is 0. The molecule has 5 heteroatoms. The molecule has 0 radical (unpaired) electrons. The first-order valence-electron chi connectivity index (χ1n) is 9.83. The molecule has 0 spiro atoms. The van der Waals surface area contributed by atoms with Gasteiger partial charge < -0.3 is 13.3 Å². The van der Waals surface area contributed by atoms with Crippen molar-refractivity contribution in [1.82, 2.24) is 5.32 Å². The second-order valence-electron chi connectivity index (χ2n) is 6.41. The van der Waals surface area contributed by atoms with E-state index in [0.29, 0.717) is 13.0 Å². The van der Waals surface area contributed by atoms with Gasteiger partial charge in [0.2, 0.25) is 5.91 Å². The van der Waals surface area contributed by atoms with Gasteiger partial charge in [-0.3, -0.25) is 4.79 Å². The third-order valence-electron chi connectivity index (χ3n) is 4.10. The molecular weight excluding hydrogens is 332 g/mol. The van der Waals surface area contributed by atoms with Crippen molar-refractivity contribution in [2.45, 2.75) is 96.8 Å². The van der Waals surface area contributed by atoms with Gasteiger partial charge in [-0.2, -0.15) is 0 Å². The molecule has 25 heavy (non-hydrogen) atoms. The maximum absolute atomic E-state index is 11.3. The van der Waals surface area contributed by atoms with Gasteiger partial charge in [-0.1, -0.05) is 70.4 Å². The van der Waals surface area contributed by atoms with Gasteiger partial charge in [0.05, 0.1) is 6.61 Å². The van der Waals surface area contributed by atoms with Crippen molar-refractivity contribution >= 4 is 5.91 Å². The molecule has 2 N–H and O–H groups in total. The summed E-state index contributed by atoms with van der Waals surface area (Å²) >= 11 is 0. The average molecular weight is 374 g/mol. The Kier molecular flexibility index (Phi) is 33.8. The third-order valence-corrected chi connectivity index (χ3v) is 4.10. The van der Waals surface area contributed by atoms with Gasteiger partial charge in [0, 0.05) is 13.0 Å². The van der Waals surface area contributed by atoms with E-state index in [0.717, 1.165) is 12.8 Å². The molecule has 0 fully saturated rings. The van der Waals surface area contributed by atoms with Gasteiger partial charge in [-0.05, 0) is 32.1 Å². The fourth-order valence-electron chi connectivity index (χ4n) is 2.64. The van der Waals surface area contributed by atoms with Crippen molar-refractivity contribution in [3.8, 4) is 0 Å². The van der Waals surface area contributed by atoms with Gasteiger partial charge in [-0.25, -0.2) is 0 Å². The summed E-state index contributed by atoms with van der Waals surface area (Å²) in [6, 6.07) is 0. The number of allylic oxidation sites excluding steroid dienone is 2. The normalized spacial score (nSPS) is 10.3. The Morgan fingerprint density at radius 1 is 0.840 bits per heavy atom. The van der Waals surface area contributed by atoms with Crippen LogP contribution in [0.2, 0.25) is 0 Å². The van der Waals surface area contributed by atoms with E-state index in [-0.39, 0.29) is 74.5 Å². The quantitative estimate of drug-likeness (QED) is 0.203. The van der Waals surface area contributed by atoms with Crippen molar-refractivity contribution in [1.29, 1.82) is 0 Å². The molecule has 0 aliphatic rings. The number of aliphatic hydroxyl groups excluding tert-OH is 1. The predicted octanol–water partition coefficient (Wildman–Crippen LogP) is -0.635. The van der Waals surface area contributed by atoms with Gasteiger partial charge in [-0.15, -0.1) is 0 Å². The molecule has 0 saturated heterocycles. The Bertz CT molecular complexity index is 297. The van der Waals surface area contributed by atoms with Crippen molar-refractivity contribution in [2.75, 3.05) is 13.2 Å². The molecule has 140 valence electrons. The third kappa shape index (κ3) is 27.5. The van der Waals surface area contributed by atoms with Crippen molar-refractivity contribution in [2.24, 2.45) is 0 Å². The fraction of sp³-hybridized carbons (Fsp3) is 0.850. The molecule has 0 atom stereocenters. The van der Waals surface area contributed by atoms with E-state index in [2.05, 4.69) is 24.4 Å². The summed E-state index contributed by atoms with van der Waals surface area (Å²) in [5, 5.41) is 11.3. The number of hydrogen-bond acceptors (Lipinski definition) is 2. The SMILES string of the molecule is CCCCCCCC/C=C\CCCCCCCC(=O)NCCO.[H-].[H-].[Na+].[Na+]. The number of hydrogen-bond donors (Lipinski definition) is 2. The molecule has 1 amide bonds. The smallest absolute Gasteiger partial charge is 1.00 e. The van der Waals surface area contributed by atoms with E-state index in [1.165, 1.54) is 70.6 Å². The number of nitrogens with one attached hydrogen (secondary N) is 1. The number of amides is 1. The molecule has 0 saturated carbocycles. The van der Waals surface area contributed by atoms with E-state index >= 15 is 0 Å². The molecule has 0 aromatic carbocycles. The van der Waals surface area contributed by atoms with Gasteiger partial charge >= 0.3 is 59.1 Å². The van der Waals surface area contributed by atoms with E-state index in [9.17, 15) is 4.79 Å². The Balaban J connectivity index is -0.000000403. The maximum Gasteiger partial charge on any atom is 1.00 e. The first kappa shape index (κ1) is 30.9. The topological polar surface area (TPSA) is 49.3 Å². The molecule has 0 rings (SSSR count). The second kappa shape index (κ2) is 27.4. The summed E-state index contributed by atoms with van der Waals surface area (Å²) in [7, 11) is 0. The molecule has 0 unspecified atom stereocenters. The summed E-state index contributed by atoms with van der Waals surface area (Å²) in [6.45, 7) is 2.67. The van der Waals surface area contributed by atoms with E-state index in [1.54, 1.807) is 0 Å². The molecule has 0 aliphatic carbocycles. The minimum Gasteiger partial charge on any atom is -1.00 e. The van der Waals surface area contributed by atoms with E-state index in [4.69, 9.17) is 5.11 Å².